The lowest BCUT2D eigenvalue weighted by molar-refractivity contribution is 0.0600. The highest BCUT2D eigenvalue weighted by molar-refractivity contribution is 5.93. The second kappa shape index (κ2) is 4.69. The topological polar surface area (TPSA) is 76.1 Å². The number of nitrogens with two attached hydrogens (primary N) is 1. The SMILES string of the molecule is COC(=O)c1cc(N)ccc1C#CC#N. The molecule has 2 N–H and O–H groups in total. The second-order valence-corrected chi connectivity index (χ2v) is 2.66. The van der Waals surface area contributed by atoms with Gasteiger partial charge in [-0.2, -0.15) is 5.26 Å². The monoisotopic (exact) mass is 200 g/mol. The quantitative estimate of drug-likeness (QED) is 0.415. The summed E-state index contributed by atoms with van der Waals surface area (Å²) in [6, 6.07) is 6.32. The molecule has 0 bridgehead atoms. The minimum atomic E-state index is -0.524. The van der Waals surface area contributed by atoms with Crippen molar-refractivity contribution in [2.45, 2.75) is 0 Å². The van der Waals surface area contributed by atoms with Crippen LogP contribution in [0.5, 0.6) is 0 Å². The van der Waals surface area contributed by atoms with E-state index >= 15 is 0 Å². The zero-order chi connectivity index (χ0) is 11.3. The maximum atomic E-state index is 11.3. The van der Waals surface area contributed by atoms with Crippen molar-refractivity contribution in [3.05, 3.63) is 29.3 Å². The van der Waals surface area contributed by atoms with E-state index in [0.29, 0.717) is 11.3 Å². The highest BCUT2D eigenvalue weighted by atomic mass is 16.5. The maximum Gasteiger partial charge on any atom is 0.339 e. The summed E-state index contributed by atoms with van der Waals surface area (Å²) in [6.07, 6.45) is 0. The van der Waals surface area contributed by atoms with Gasteiger partial charge in [-0.05, 0) is 24.1 Å². The van der Waals surface area contributed by atoms with Gasteiger partial charge in [-0.3, -0.25) is 0 Å². The number of nitriles is 1. The molecule has 0 fully saturated rings. The van der Waals surface area contributed by atoms with E-state index in [4.69, 9.17) is 11.0 Å². The fourth-order valence-electron chi connectivity index (χ4n) is 1.04. The number of nitrogens with zero attached hydrogens (tertiary/aromatic N) is 1. The first-order valence-electron chi connectivity index (χ1n) is 4.07. The van der Waals surface area contributed by atoms with Gasteiger partial charge in [0.25, 0.3) is 0 Å². The number of ether oxygens (including phenoxy) is 1. The molecular weight excluding hydrogens is 192 g/mol. The fourth-order valence-corrected chi connectivity index (χ4v) is 1.04. The predicted molar refractivity (Wildman–Crippen MR) is 54.7 cm³/mol. The molecular formula is C11H8N2O2. The van der Waals surface area contributed by atoms with Crippen LogP contribution in [-0.4, -0.2) is 13.1 Å². The average molecular weight is 200 g/mol. The smallest absolute Gasteiger partial charge is 0.339 e. The summed E-state index contributed by atoms with van der Waals surface area (Å²) >= 11 is 0. The maximum absolute atomic E-state index is 11.3. The first kappa shape index (κ1) is 10.6. The second-order valence-electron chi connectivity index (χ2n) is 2.66. The normalized spacial score (nSPS) is 8.27. The van der Waals surface area contributed by atoms with Crippen LogP contribution < -0.4 is 5.73 Å². The molecule has 0 atom stereocenters. The van der Waals surface area contributed by atoms with Gasteiger partial charge in [0.1, 0.15) is 0 Å². The number of esters is 1. The summed E-state index contributed by atoms with van der Waals surface area (Å²) < 4.78 is 4.57. The Kier molecular flexibility index (Phi) is 3.32. The van der Waals surface area contributed by atoms with Crippen LogP contribution in [0.15, 0.2) is 18.2 Å². The van der Waals surface area contributed by atoms with Crippen molar-refractivity contribution in [3.63, 3.8) is 0 Å². The van der Waals surface area contributed by atoms with Gasteiger partial charge < -0.3 is 10.5 Å². The fraction of sp³-hybridized carbons (Fsp3) is 0.0909. The van der Waals surface area contributed by atoms with Gasteiger partial charge in [0, 0.05) is 17.2 Å². The van der Waals surface area contributed by atoms with Gasteiger partial charge in [-0.15, -0.1) is 0 Å². The van der Waals surface area contributed by atoms with Crippen LogP contribution in [0, 0.1) is 23.2 Å². The van der Waals surface area contributed by atoms with Gasteiger partial charge in [-0.1, -0.05) is 0 Å². The molecule has 4 heteroatoms. The first-order chi connectivity index (χ1) is 7.19. The Hall–Kier alpha value is -2.46. The van der Waals surface area contributed by atoms with Crippen molar-refractivity contribution >= 4 is 11.7 Å². The Morgan fingerprint density at radius 2 is 2.27 bits per heavy atom. The molecule has 0 saturated carbocycles. The molecule has 0 amide bonds. The Balaban J connectivity index is 3.27. The Labute approximate surface area is 87.3 Å². The molecule has 0 unspecified atom stereocenters. The number of hydrogen-bond acceptors (Lipinski definition) is 4. The van der Waals surface area contributed by atoms with Crippen molar-refractivity contribution in [1.29, 1.82) is 5.26 Å². The van der Waals surface area contributed by atoms with Gasteiger partial charge >= 0.3 is 5.97 Å². The third-order valence-corrected chi connectivity index (χ3v) is 1.70. The van der Waals surface area contributed by atoms with E-state index in [1.807, 2.05) is 0 Å². The van der Waals surface area contributed by atoms with E-state index in [0.717, 1.165) is 0 Å². The van der Waals surface area contributed by atoms with E-state index in [9.17, 15) is 4.79 Å². The summed E-state index contributed by atoms with van der Waals surface area (Å²) in [6.45, 7) is 0. The number of nitrogen functional groups attached to an aromatic ring is 1. The van der Waals surface area contributed by atoms with Crippen molar-refractivity contribution < 1.29 is 9.53 Å². The molecule has 1 rings (SSSR count). The van der Waals surface area contributed by atoms with Crippen LogP contribution in [0.4, 0.5) is 5.69 Å². The van der Waals surface area contributed by atoms with Crippen molar-refractivity contribution in [1.82, 2.24) is 0 Å². The number of benzene rings is 1. The van der Waals surface area contributed by atoms with Crippen LogP contribution in [0.25, 0.3) is 0 Å². The summed E-state index contributed by atoms with van der Waals surface area (Å²) in [5, 5.41) is 8.30. The van der Waals surface area contributed by atoms with Crippen LogP contribution in [0.2, 0.25) is 0 Å². The summed E-state index contributed by atoms with van der Waals surface area (Å²) in [5.41, 5.74) is 6.66. The number of hydrogen-bond donors (Lipinski definition) is 1. The Morgan fingerprint density at radius 1 is 1.53 bits per heavy atom. The molecule has 1 aromatic rings. The van der Waals surface area contributed by atoms with E-state index in [1.54, 1.807) is 18.2 Å². The predicted octanol–water partition coefficient (Wildman–Crippen LogP) is 0.930. The highest BCUT2D eigenvalue weighted by Gasteiger charge is 2.10. The van der Waals surface area contributed by atoms with Crippen LogP contribution in [0.3, 0.4) is 0 Å². The molecule has 0 spiro atoms. The standard InChI is InChI=1S/C11H8N2O2/c1-15-11(14)10-7-9(13)5-4-8(10)3-2-6-12/h4-5,7H,13H2,1H3. The van der Waals surface area contributed by atoms with Gasteiger partial charge in [0.2, 0.25) is 0 Å². The third-order valence-electron chi connectivity index (χ3n) is 1.70. The molecule has 0 aliphatic rings. The van der Waals surface area contributed by atoms with E-state index in [2.05, 4.69) is 16.6 Å². The van der Waals surface area contributed by atoms with Crippen LogP contribution in [-0.2, 0) is 4.74 Å². The van der Waals surface area contributed by atoms with Crippen LogP contribution in [0.1, 0.15) is 15.9 Å². The third kappa shape index (κ3) is 2.49. The lowest BCUT2D eigenvalue weighted by atomic mass is 10.1. The lowest BCUT2D eigenvalue weighted by Gasteiger charge is -2.03. The summed E-state index contributed by atoms with van der Waals surface area (Å²) in [7, 11) is 1.27. The molecule has 15 heavy (non-hydrogen) atoms. The molecule has 0 aromatic heterocycles. The number of carbonyl (C=O) groups is 1. The Morgan fingerprint density at radius 3 is 2.87 bits per heavy atom. The van der Waals surface area contributed by atoms with E-state index in [-0.39, 0.29) is 5.56 Å². The minimum absolute atomic E-state index is 0.264. The van der Waals surface area contributed by atoms with Gasteiger partial charge in [-0.25, -0.2) is 4.79 Å². The zero-order valence-corrected chi connectivity index (χ0v) is 8.07. The van der Waals surface area contributed by atoms with Crippen LogP contribution >= 0.6 is 0 Å². The lowest BCUT2D eigenvalue weighted by Crippen LogP contribution is -2.05. The number of anilines is 1. The first-order valence-corrected chi connectivity index (χ1v) is 4.07. The minimum Gasteiger partial charge on any atom is -0.465 e. The molecule has 0 radical (unpaired) electrons. The molecule has 0 aliphatic heterocycles. The number of carbonyl (C=O) groups excluding carboxylic acids is 1. The molecule has 74 valence electrons. The average Bonchev–Trinajstić information content (AvgIpc) is 2.26. The molecule has 4 nitrogen and oxygen atoms in total. The number of methoxy groups -OCH3 is 1. The van der Waals surface area contributed by atoms with Gasteiger partial charge in [0.05, 0.1) is 12.7 Å². The molecule has 0 aliphatic carbocycles. The van der Waals surface area contributed by atoms with E-state index in [1.165, 1.54) is 13.2 Å². The van der Waals surface area contributed by atoms with Crippen molar-refractivity contribution in [2.75, 3.05) is 12.8 Å². The highest BCUT2D eigenvalue weighted by Crippen LogP contribution is 2.13. The molecule has 0 saturated heterocycles. The molecule has 0 heterocycles. The number of rotatable bonds is 1. The largest absolute Gasteiger partial charge is 0.465 e. The summed E-state index contributed by atoms with van der Waals surface area (Å²) in [4.78, 5) is 11.3. The van der Waals surface area contributed by atoms with Crippen molar-refractivity contribution in [2.24, 2.45) is 0 Å². The molecule has 1 aromatic carbocycles. The Bertz CT molecular complexity index is 490. The zero-order valence-electron chi connectivity index (χ0n) is 8.07. The van der Waals surface area contributed by atoms with E-state index < -0.39 is 5.97 Å². The summed E-state index contributed by atoms with van der Waals surface area (Å²) in [5.74, 6) is 4.22. The van der Waals surface area contributed by atoms with Crippen molar-refractivity contribution in [3.8, 4) is 17.9 Å². The van der Waals surface area contributed by atoms with Gasteiger partial charge in [0.15, 0.2) is 6.07 Å².